The third-order valence-electron chi connectivity index (χ3n) is 2.42. The van der Waals surface area contributed by atoms with Crippen LogP contribution in [0.25, 0.3) is 10.2 Å². The van der Waals surface area contributed by atoms with Crippen LogP contribution < -0.4 is 5.56 Å². The first-order valence-corrected chi connectivity index (χ1v) is 8.92. The zero-order chi connectivity index (χ0) is 15.4. The summed E-state index contributed by atoms with van der Waals surface area (Å²) in [6, 6.07) is 2.08. The fraction of sp³-hybridized carbons (Fsp3) is 0.333. The van der Waals surface area contributed by atoms with Crippen molar-refractivity contribution in [3.05, 3.63) is 15.9 Å². The fourth-order valence-electron chi connectivity index (χ4n) is 1.59. The number of thioether (sulfide) groups is 2. The molecule has 0 aromatic carbocycles. The zero-order valence-corrected chi connectivity index (χ0v) is 13.7. The quantitative estimate of drug-likeness (QED) is 0.506. The van der Waals surface area contributed by atoms with Crippen LogP contribution in [0.15, 0.2) is 14.2 Å². The van der Waals surface area contributed by atoms with Crippen LogP contribution >= 0.6 is 34.9 Å². The molecule has 9 heteroatoms. The first-order chi connectivity index (χ1) is 10.1. The minimum atomic E-state index is -0.374. The number of ether oxygens (including phenoxy) is 1. The van der Waals surface area contributed by atoms with Gasteiger partial charge in [0.2, 0.25) is 0 Å². The lowest BCUT2D eigenvalue weighted by Gasteiger charge is -2.01. The Kier molecular flexibility index (Phi) is 5.27. The Labute approximate surface area is 132 Å². The molecule has 110 valence electrons. The van der Waals surface area contributed by atoms with Crippen molar-refractivity contribution in [2.75, 3.05) is 18.6 Å². The Morgan fingerprint density at radius 3 is 2.95 bits per heavy atom. The summed E-state index contributed by atoms with van der Waals surface area (Å²) < 4.78 is 6.00. The molecule has 0 aliphatic rings. The van der Waals surface area contributed by atoms with Crippen molar-refractivity contribution in [3.8, 4) is 6.07 Å². The van der Waals surface area contributed by atoms with Crippen LogP contribution in [0.3, 0.4) is 0 Å². The molecule has 0 spiro atoms. The highest BCUT2D eigenvalue weighted by Gasteiger charge is 2.17. The van der Waals surface area contributed by atoms with Crippen LogP contribution in [0.2, 0.25) is 0 Å². The predicted molar refractivity (Wildman–Crippen MR) is 84.1 cm³/mol. The third-order valence-corrected chi connectivity index (χ3v) is 5.56. The average molecular weight is 341 g/mol. The molecular weight excluding hydrogens is 330 g/mol. The first kappa shape index (κ1) is 15.9. The lowest BCUT2D eigenvalue weighted by Crippen LogP contribution is -2.10. The van der Waals surface area contributed by atoms with E-state index in [9.17, 15) is 14.9 Å². The van der Waals surface area contributed by atoms with Crippen molar-refractivity contribution < 1.29 is 9.53 Å². The molecule has 2 rings (SSSR count). The lowest BCUT2D eigenvalue weighted by molar-refractivity contribution is -0.139. The van der Waals surface area contributed by atoms with Crippen LogP contribution in [-0.4, -0.2) is 34.6 Å². The molecule has 1 N–H and O–H groups in total. The summed E-state index contributed by atoms with van der Waals surface area (Å²) in [5.74, 6) is -0.315. The minimum Gasteiger partial charge on any atom is -0.465 e. The Bertz CT molecular complexity index is 776. The number of esters is 1. The second-order valence-corrected chi connectivity index (χ2v) is 6.78. The molecule has 0 aliphatic heterocycles. The van der Waals surface area contributed by atoms with Crippen LogP contribution in [-0.2, 0) is 9.53 Å². The summed E-state index contributed by atoms with van der Waals surface area (Å²) in [4.78, 5) is 30.3. The number of fused-ring (bicyclic) bond motifs is 1. The summed E-state index contributed by atoms with van der Waals surface area (Å²) in [6.45, 7) is 2.03. The molecule has 0 fully saturated rings. The van der Waals surface area contributed by atoms with Gasteiger partial charge < -0.3 is 9.72 Å². The van der Waals surface area contributed by atoms with Crippen LogP contribution in [0, 0.1) is 11.3 Å². The molecule has 0 bridgehead atoms. The number of nitriles is 1. The number of thiophene rings is 1. The van der Waals surface area contributed by atoms with Crippen molar-refractivity contribution in [1.29, 1.82) is 5.26 Å². The van der Waals surface area contributed by atoms with Gasteiger partial charge in [-0.25, -0.2) is 4.98 Å². The molecule has 0 aliphatic carbocycles. The minimum absolute atomic E-state index is 0.0592. The third kappa shape index (κ3) is 3.40. The van der Waals surface area contributed by atoms with Gasteiger partial charge in [0.15, 0.2) is 5.16 Å². The first-order valence-electron chi connectivity index (χ1n) is 5.90. The number of rotatable bonds is 5. The van der Waals surface area contributed by atoms with Gasteiger partial charge in [0.25, 0.3) is 5.56 Å². The second kappa shape index (κ2) is 6.98. The van der Waals surface area contributed by atoms with Gasteiger partial charge in [0, 0.05) is 0 Å². The highest BCUT2D eigenvalue weighted by Crippen LogP contribution is 2.34. The number of aromatic amines is 1. The number of nitrogens with one attached hydrogen (secondary N) is 1. The summed E-state index contributed by atoms with van der Waals surface area (Å²) in [5.41, 5.74) is 0.502. The van der Waals surface area contributed by atoms with E-state index in [1.807, 2.05) is 6.26 Å². The Hall–Kier alpha value is -1.50. The highest BCUT2D eigenvalue weighted by atomic mass is 32.2. The van der Waals surface area contributed by atoms with E-state index in [2.05, 4.69) is 16.0 Å². The van der Waals surface area contributed by atoms with Gasteiger partial charge in [-0.05, 0) is 13.2 Å². The normalized spacial score (nSPS) is 10.5. The van der Waals surface area contributed by atoms with Gasteiger partial charge >= 0.3 is 5.97 Å². The zero-order valence-electron chi connectivity index (χ0n) is 11.3. The molecule has 0 saturated carbocycles. The topological polar surface area (TPSA) is 95.8 Å². The Morgan fingerprint density at radius 2 is 2.33 bits per heavy atom. The van der Waals surface area contributed by atoms with Crippen molar-refractivity contribution in [2.24, 2.45) is 0 Å². The molecule has 0 unspecified atom stereocenters. The second-order valence-electron chi connectivity index (χ2n) is 3.72. The van der Waals surface area contributed by atoms with E-state index < -0.39 is 0 Å². The molecule has 21 heavy (non-hydrogen) atoms. The summed E-state index contributed by atoms with van der Waals surface area (Å²) in [7, 11) is 0. The average Bonchev–Trinajstić information content (AvgIpc) is 2.83. The smallest absolute Gasteiger partial charge is 0.316 e. The molecular formula is C12H11N3O3S3. The maximum Gasteiger partial charge on any atom is 0.316 e. The van der Waals surface area contributed by atoms with E-state index in [0.717, 1.165) is 16.0 Å². The molecule has 0 atom stereocenters. The Morgan fingerprint density at radius 1 is 1.57 bits per heavy atom. The largest absolute Gasteiger partial charge is 0.465 e. The molecule has 0 radical (unpaired) electrons. The molecule has 2 heterocycles. The number of H-pyrrole nitrogens is 1. The molecule has 2 aromatic heterocycles. The number of hydrogen-bond donors (Lipinski definition) is 1. The van der Waals surface area contributed by atoms with Crippen molar-refractivity contribution >= 4 is 51.0 Å². The molecule has 0 saturated heterocycles. The molecule has 0 amide bonds. The standard InChI is InChI=1S/C12H11N3O3S3/c1-3-18-7(16)5-20-12-14-8-6(4-13)11(19-2)21-9(8)10(17)15-12/h3,5H2,1-2H3,(H,14,15,17). The summed E-state index contributed by atoms with van der Waals surface area (Å²) >= 11 is 3.74. The summed E-state index contributed by atoms with van der Waals surface area (Å²) in [5, 5.41) is 9.52. The number of hydrogen-bond acceptors (Lipinski definition) is 8. The van der Waals surface area contributed by atoms with E-state index >= 15 is 0 Å². The van der Waals surface area contributed by atoms with Crippen molar-refractivity contribution in [3.63, 3.8) is 0 Å². The maximum atomic E-state index is 12.0. The number of carbonyl (C=O) groups is 1. The van der Waals surface area contributed by atoms with E-state index in [4.69, 9.17) is 4.74 Å². The number of carbonyl (C=O) groups excluding carboxylic acids is 1. The summed E-state index contributed by atoms with van der Waals surface area (Å²) in [6.07, 6.45) is 1.84. The van der Waals surface area contributed by atoms with Gasteiger partial charge in [-0.1, -0.05) is 11.8 Å². The fourth-order valence-corrected chi connectivity index (χ4v) is 3.99. The van der Waals surface area contributed by atoms with Gasteiger partial charge in [0.1, 0.15) is 21.8 Å². The Balaban J connectivity index is 2.38. The number of aromatic nitrogens is 2. The highest BCUT2D eigenvalue weighted by molar-refractivity contribution is 8.00. The van der Waals surface area contributed by atoms with Crippen LogP contribution in [0.5, 0.6) is 0 Å². The lowest BCUT2D eigenvalue weighted by atomic mass is 10.3. The maximum absolute atomic E-state index is 12.0. The molecule has 2 aromatic rings. The van der Waals surface area contributed by atoms with Gasteiger partial charge in [-0.3, -0.25) is 9.59 Å². The van der Waals surface area contributed by atoms with Crippen LogP contribution in [0.4, 0.5) is 0 Å². The van der Waals surface area contributed by atoms with E-state index in [0.29, 0.717) is 27.5 Å². The predicted octanol–water partition coefficient (Wildman–Crippen LogP) is 2.23. The van der Waals surface area contributed by atoms with E-state index in [1.54, 1.807) is 6.92 Å². The van der Waals surface area contributed by atoms with E-state index in [-0.39, 0.29) is 17.3 Å². The van der Waals surface area contributed by atoms with Crippen molar-refractivity contribution in [2.45, 2.75) is 16.3 Å². The van der Waals surface area contributed by atoms with Crippen molar-refractivity contribution in [1.82, 2.24) is 9.97 Å². The van der Waals surface area contributed by atoms with E-state index in [1.165, 1.54) is 23.1 Å². The van der Waals surface area contributed by atoms with Gasteiger partial charge in [0.05, 0.1) is 16.6 Å². The molecule has 6 nitrogen and oxygen atoms in total. The van der Waals surface area contributed by atoms with Gasteiger partial charge in [-0.2, -0.15) is 5.26 Å². The monoisotopic (exact) mass is 341 g/mol. The van der Waals surface area contributed by atoms with Gasteiger partial charge in [-0.15, -0.1) is 23.1 Å². The van der Waals surface area contributed by atoms with Crippen LogP contribution in [0.1, 0.15) is 12.5 Å². The number of nitrogens with zero attached hydrogens (tertiary/aromatic N) is 2. The SMILES string of the molecule is CCOC(=O)CSc1nc2c(C#N)c(SC)sc2c(=O)[nH]1.